The number of rotatable bonds is 4. The lowest BCUT2D eigenvalue weighted by Gasteiger charge is -2.29. The Labute approximate surface area is 116 Å². The zero-order valence-electron chi connectivity index (χ0n) is 11.9. The average Bonchev–Trinajstić information content (AvgIpc) is 2.48. The molecule has 0 radical (unpaired) electrons. The summed E-state index contributed by atoms with van der Waals surface area (Å²) in [6.45, 7) is 4.39. The smallest absolute Gasteiger partial charge is 0.226 e. The first kappa shape index (κ1) is 14.1. The third-order valence-electron chi connectivity index (χ3n) is 4.15. The maximum Gasteiger partial charge on any atom is 0.226 e. The van der Waals surface area contributed by atoms with Crippen LogP contribution in [0.5, 0.6) is 0 Å². The van der Waals surface area contributed by atoms with Crippen LogP contribution in [-0.4, -0.2) is 26.0 Å². The van der Waals surface area contributed by atoms with Crippen molar-refractivity contribution in [2.24, 2.45) is 11.8 Å². The molecule has 1 aliphatic rings. The van der Waals surface area contributed by atoms with Crippen molar-refractivity contribution >= 4 is 11.6 Å². The van der Waals surface area contributed by atoms with E-state index in [1.807, 2.05) is 37.4 Å². The Kier molecular flexibility index (Phi) is 4.97. The molecule has 0 spiro atoms. The summed E-state index contributed by atoms with van der Waals surface area (Å²) in [6.07, 6.45) is 3.12. The van der Waals surface area contributed by atoms with Crippen molar-refractivity contribution in [3.63, 3.8) is 0 Å². The fourth-order valence-electron chi connectivity index (χ4n) is 2.74. The van der Waals surface area contributed by atoms with E-state index < -0.39 is 0 Å². The molecule has 0 aromatic heterocycles. The lowest BCUT2D eigenvalue weighted by Crippen LogP contribution is -2.36. The van der Waals surface area contributed by atoms with Gasteiger partial charge < -0.3 is 10.2 Å². The number of benzene rings is 1. The van der Waals surface area contributed by atoms with Crippen molar-refractivity contribution < 1.29 is 4.79 Å². The highest BCUT2D eigenvalue weighted by Crippen LogP contribution is 2.24. The number of nitrogens with zero attached hydrogens (tertiary/aromatic N) is 1. The van der Waals surface area contributed by atoms with Gasteiger partial charge >= 0.3 is 0 Å². The predicted octanol–water partition coefficient (Wildman–Crippen LogP) is 2.68. The molecule has 0 aliphatic carbocycles. The number of hydrogen-bond acceptors (Lipinski definition) is 2. The first-order valence-corrected chi connectivity index (χ1v) is 7.21. The summed E-state index contributed by atoms with van der Waals surface area (Å²) < 4.78 is 0. The number of carbonyl (C=O) groups is 1. The Morgan fingerprint density at radius 1 is 1.42 bits per heavy atom. The maximum absolute atomic E-state index is 12.3. The monoisotopic (exact) mass is 260 g/mol. The van der Waals surface area contributed by atoms with Crippen LogP contribution >= 0.6 is 0 Å². The van der Waals surface area contributed by atoms with E-state index in [9.17, 15) is 4.79 Å². The average molecular weight is 260 g/mol. The van der Waals surface area contributed by atoms with Crippen molar-refractivity contribution in [2.75, 3.05) is 25.0 Å². The van der Waals surface area contributed by atoms with Crippen molar-refractivity contribution in [3.05, 3.63) is 30.3 Å². The Morgan fingerprint density at radius 2 is 2.16 bits per heavy atom. The lowest BCUT2D eigenvalue weighted by molar-refractivity contribution is -0.119. The van der Waals surface area contributed by atoms with Gasteiger partial charge in [-0.3, -0.25) is 4.79 Å². The molecule has 1 heterocycles. The van der Waals surface area contributed by atoms with Crippen LogP contribution in [0.1, 0.15) is 26.2 Å². The van der Waals surface area contributed by atoms with Crippen LogP contribution in [0.4, 0.5) is 5.69 Å². The highest BCUT2D eigenvalue weighted by Gasteiger charge is 2.23. The van der Waals surface area contributed by atoms with E-state index in [1.165, 1.54) is 12.8 Å². The van der Waals surface area contributed by atoms with Gasteiger partial charge in [-0.15, -0.1) is 0 Å². The van der Waals surface area contributed by atoms with Crippen molar-refractivity contribution in [1.82, 2.24) is 5.32 Å². The molecule has 1 fully saturated rings. The molecule has 0 bridgehead atoms. The first-order chi connectivity index (χ1) is 9.18. The minimum atomic E-state index is 0.212. The molecule has 1 saturated heterocycles. The zero-order chi connectivity index (χ0) is 13.7. The van der Waals surface area contributed by atoms with Crippen LogP contribution in [-0.2, 0) is 4.79 Å². The molecular formula is C16H24N2O. The van der Waals surface area contributed by atoms with Gasteiger partial charge in [-0.1, -0.05) is 25.1 Å². The highest BCUT2D eigenvalue weighted by atomic mass is 16.2. The largest absolute Gasteiger partial charge is 0.316 e. The molecule has 1 aromatic rings. The van der Waals surface area contributed by atoms with Crippen molar-refractivity contribution in [2.45, 2.75) is 26.2 Å². The van der Waals surface area contributed by atoms with E-state index >= 15 is 0 Å². The maximum atomic E-state index is 12.3. The van der Waals surface area contributed by atoms with E-state index in [-0.39, 0.29) is 5.91 Å². The third kappa shape index (κ3) is 3.80. The third-order valence-corrected chi connectivity index (χ3v) is 4.15. The van der Waals surface area contributed by atoms with E-state index in [2.05, 4.69) is 12.2 Å². The summed E-state index contributed by atoms with van der Waals surface area (Å²) in [6, 6.07) is 9.86. The summed E-state index contributed by atoms with van der Waals surface area (Å²) in [4.78, 5) is 14.1. The second-order valence-corrected chi connectivity index (χ2v) is 5.58. The number of nitrogens with one attached hydrogen (secondary N) is 1. The van der Waals surface area contributed by atoms with Gasteiger partial charge in [0.25, 0.3) is 0 Å². The van der Waals surface area contributed by atoms with Gasteiger partial charge in [0.2, 0.25) is 5.91 Å². The molecule has 1 aromatic carbocycles. The van der Waals surface area contributed by atoms with Crippen LogP contribution in [0.15, 0.2) is 30.3 Å². The highest BCUT2D eigenvalue weighted by molar-refractivity contribution is 5.92. The van der Waals surface area contributed by atoms with Gasteiger partial charge in [0.05, 0.1) is 0 Å². The van der Waals surface area contributed by atoms with Crippen LogP contribution in [0.3, 0.4) is 0 Å². The normalized spacial score (nSPS) is 20.8. The molecule has 104 valence electrons. The van der Waals surface area contributed by atoms with Crippen LogP contribution in [0.2, 0.25) is 0 Å². The molecule has 1 aliphatic heterocycles. The fraction of sp³-hybridized carbons (Fsp3) is 0.562. The molecule has 2 unspecified atom stereocenters. The van der Waals surface area contributed by atoms with Gasteiger partial charge in [0.1, 0.15) is 0 Å². The molecule has 1 amide bonds. The molecule has 2 atom stereocenters. The quantitative estimate of drug-likeness (QED) is 0.902. The minimum Gasteiger partial charge on any atom is -0.316 e. The van der Waals surface area contributed by atoms with Crippen LogP contribution < -0.4 is 10.2 Å². The molecular weight excluding hydrogens is 236 g/mol. The molecule has 3 nitrogen and oxygen atoms in total. The van der Waals surface area contributed by atoms with Gasteiger partial charge in [-0.25, -0.2) is 0 Å². The standard InChI is InChI=1S/C16H24N2O/c1-13(14-7-6-10-17-12-14)11-16(19)18(2)15-8-4-3-5-9-15/h3-5,8-9,13-14,17H,6-7,10-12H2,1-2H3. The lowest BCUT2D eigenvalue weighted by atomic mass is 9.85. The second kappa shape index (κ2) is 6.71. The summed E-state index contributed by atoms with van der Waals surface area (Å²) in [5, 5.41) is 3.42. The van der Waals surface area contributed by atoms with E-state index in [0.717, 1.165) is 18.8 Å². The van der Waals surface area contributed by atoms with Gasteiger partial charge in [-0.2, -0.15) is 0 Å². The van der Waals surface area contributed by atoms with Crippen LogP contribution in [0.25, 0.3) is 0 Å². The Balaban J connectivity index is 1.89. The number of para-hydroxylation sites is 1. The van der Waals surface area contributed by atoms with Gasteiger partial charge in [-0.05, 0) is 49.9 Å². The topological polar surface area (TPSA) is 32.3 Å². The molecule has 3 heteroatoms. The summed E-state index contributed by atoms with van der Waals surface area (Å²) in [5.74, 6) is 1.30. The second-order valence-electron chi connectivity index (χ2n) is 5.58. The number of amides is 1. The number of carbonyl (C=O) groups excluding carboxylic acids is 1. The SMILES string of the molecule is CC(CC(=O)N(C)c1ccccc1)C1CCCNC1. The van der Waals surface area contributed by atoms with E-state index in [1.54, 1.807) is 4.90 Å². The van der Waals surface area contributed by atoms with E-state index in [0.29, 0.717) is 18.3 Å². The number of piperidine rings is 1. The molecule has 1 N–H and O–H groups in total. The number of anilines is 1. The Hall–Kier alpha value is -1.35. The molecule has 0 saturated carbocycles. The summed E-state index contributed by atoms with van der Waals surface area (Å²) in [7, 11) is 1.86. The Bertz CT molecular complexity index is 398. The van der Waals surface area contributed by atoms with Gasteiger partial charge in [0, 0.05) is 19.2 Å². The molecule has 19 heavy (non-hydrogen) atoms. The van der Waals surface area contributed by atoms with E-state index in [4.69, 9.17) is 0 Å². The minimum absolute atomic E-state index is 0.212. The number of hydrogen-bond donors (Lipinski definition) is 1. The van der Waals surface area contributed by atoms with Crippen molar-refractivity contribution in [3.8, 4) is 0 Å². The van der Waals surface area contributed by atoms with Gasteiger partial charge in [0.15, 0.2) is 0 Å². The Morgan fingerprint density at radius 3 is 2.79 bits per heavy atom. The fourth-order valence-corrected chi connectivity index (χ4v) is 2.74. The first-order valence-electron chi connectivity index (χ1n) is 7.21. The predicted molar refractivity (Wildman–Crippen MR) is 79.2 cm³/mol. The summed E-state index contributed by atoms with van der Waals surface area (Å²) >= 11 is 0. The molecule has 2 rings (SSSR count). The zero-order valence-corrected chi connectivity index (χ0v) is 11.9. The van der Waals surface area contributed by atoms with Crippen LogP contribution in [0, 0.1) is 11.8 Å². The van der Waals surface area contributed by atoms with Crippen molar-refractivity contribution in [1.29, 1.82) is 0 Å². The summed E-state index contributed by atoms with van der Waals surface area (Å²) in [5.41, 5.74) is 0.974.